The van der Waals surface area contributed by atoms with Gasteiger partial charge in [-0.2, -0.15) is 0 Å². The highest BCUT2D eigenvalue weighted by molar-refractivity contribution is 5.75. The number of rotatable bonds is 6. The van der Waals surface area contributed by atoms with Crippen LogP contribution in [0.4, 0.5) is 4.79 Å². The Kier molecular flexibility index (Phi) is 5.71. The first-order valence-electron chi connectivity index (χ1n) is 8.81. The average molecular weight is 343 g/mol. The second-order valence-corrected chi connectivity index (χ2v) is 6.29. The van der Waals surface area contributed by atoms with Crippen molar-refractivity contribution in [2.75, 3.05) is 13.2 Å². The van der Waals surface area contributed by atoms with Crippen LogP contribution in [0.1, 0.15) is 48.4 Å². The number of nitrogens with one attached hydrogen (secondary N) is 1. The summed E-state index contributed by atoms with van der Waals surface area (Å²) in [6, 6.07) is 9.84. The molecule has 1 aliphatic rings. The Morgan fingerprint density at radius 3 is 2.92 bits per heavy atom. The summed E-state index contributed by atoms with van der Waals surface area (Å²) in [7, 11) is 0. The van der Waals surface area contributed by atoms with Gasteiger partial charge in [-0.3, -0.25) is 0 Å². The van der Waals surface area contributed by atoms with Crippen molar-refractivity contribution in [2.45, 2.75) is 45.9 Å². The van der Waals surface area contributed by atoms with Crippen molar-refractivity contribution in [3.05, 3.63) is 52.9 Å². The Morgan fingerprint density at radius 1 is 1.40 bits per heavy atom. The number of aromatic nitrogens is 1. The number of nitrogens with zero attached hydrogens (tertiary/aromatic N) is 2. The lowest BCUT2D eigenvalue weighted by Gasteiger charge is -2.23. The number of benzene rings is 1. The minimum atomic E-state index is -0.0669. The van der Waals surface area contributed by atoms with Gasteiger partial charge in [-0.15, -0.1) is 0 Å². The van der Waals surface area contributed by atoms with Gasteiger partial charge in [-0.1, -0.05) is 29.4 Å². The fourth-order valence-corrected chi connectivity index (χ4v) is 3.20. The first-order chi connectivity index (χ1) is 12.2. The van der Waals surface area contributed by atoms with Crippen LogP contribution in [0, 0.1) is 6.92 Å². The highest BCUT2D eigenvalue weighted by Gasteiger charge is 2.32. The molecule has 0 bridgehead atoms. The number of ether oxygens (including phenoxy) is 1. The van der Waals surface area contributed by atoms with Gasteiger partial charge in [0, 0.05) is 25.8 Å². The fourth-order valence-electron chi connectivity index (χ4n) is 3.20. The van der Waals surface area contributed by atoms with Crippen molar-refractivity contribution >= 4 is 6.03 Å². The summed E-state index contributed by atoms with van der Waals surface area (Å²) in [6.45, 7) is 6.32. The normalized spacial score (nSPS) is 17.0. The largest absolute Gasteiger partial charge is 0.377 e. The summed E-state index contributed by atoms with van der Waals surface area (Å²) in [5, 5.41) is 6.98. The van der Waals surface area contributed by atoms with Crippen LogP contribution in [-0.2, 0) is 17.9 Å². The van der Waals surface area contributed by atoms with Gasteiger partial charge < -0.3 is 19.5 Å². The third kappa shape index (κ3) is 4.20. The highest BCUT2D eigenvalue weighted by Crippen LogP contribution is 2.32. The molecule has 0 aliphatic carbocycles. The third-order valence-corrected chi connectivity index (χ3v) is 4.50. The van der Waals surface area contributed by atoms with Gasteiger partial charge in [0.05, 0.1) is 18.3 Å². The Balaban J connectivity index is 1.62. The molecule has 1 aromatic carbocycles. The fraction of sp³-hybridized carbons (Fsp3) is 0.474. The van der Waals surface area contributed by atoms with Crippen molar-refractivity contribution in [3.8, 4) is 0 Å². The van der Waals surface area contributed by atoms with E-state index in [2.05, 4.69) is 10.5 Å². The van der Waals surface area contributed by atoms with E-state index in [1.165, 1.54) is 0 Å². The molecule has 134 valence electrons. The van der Waals surface area contributed by atoms with E-state index in [-0.39, 0.29) is 12.1 Å². The number of amides is 2. The molecule has 0 saturated carbocycles. The monoisotopic (exact) mass is 343 g/mol. The smallest absolute Gasteiger partial charge is 0.318 e. The summed E-state index contributed by atoms with van der Waals surface area (Å²) in [4.78, 5) is 14.5. The standard InChI is InChI=1S/C19H25N3O3/c1-3-24-13-16-8-5-4-7-15(16)12-20-19(23)22-10-6-9-17(22)18-11-14(2)21-25-18/h4-5,7-8,11,17H,3,6,9-10,12-13H2,1-2H3,(H,20,23). The Bertz CT molecular complexity index is 713. The number of hydrogen-bond acceptors (Lipinski definition) is 4. The maximum Gasteiger partial charge on any atom is 0.318 e. The lowest BCUT2D eigenvalue weighted by Crippen LogP contribution is -2.39. The molecule has 2 aromatic rings. The quantitative estimate of drug-likeness (QED) is 0.871. The number of aryl methyl sites for hydroxylation is 1. The van der Waals surface area contributed by atoms with Gasteiger partial charge in [-0.05, 0) is 37.8 Å². The lowest BCUT2D eigenvalue weighted by molar-refractivity contribution is 0.133. The minimum absolute atomic E-state index is 0.0279. The third-order valence-electron chi connectivity index (χ3n) is 4.50. The topological polar surface area (TPSA) is 67.6 Å². The van der Waals surface area contributed by atoms with E-state index in [9.17, 15) is 4.79 Å². The lowest BCUT2D eigenvalue weighted by atomic mass is 10.1. The predicted octanol–water partition coefficient (Wildman–Crippen LogP) is 3.57. The van der Waals surface area contributed by atoms with E-state index < -0.39 is 0 Å². The van der Waals surface area contributed by atoms with Crippen LogP contribution in [0.5, 0.6) is 0 Å². The molecule has 6 nitrogen and oxygen atoms in total. The van der Waals surface area contributed by atoms with E-state index in [1.54, 1.807) is 0 Å². The maximum absolute atomic E-state index is 12.7. The van der Waals surface area contributed by atoms with E-state index in [0.29, 0.717) is 19.8 Å². The van der Waals surface area contributed by atoms with Crippen molar-refractivity contribution < 1.29 is 14.1 Å². The zero-order valence-electron chi connectivity index (χ0n) is 14.8. The summed E-state index contributed by atoms with van der Waals surface area (Å²) >= 11 is 0. The number of carbonyl (C=O) groups is 1. The maximum atomic E-state index is 12.7. The molecule has 2 amide bonds. The predicted molar refractivity (Wildman–Crippen MR) is 93.9 cm³/mol. The van der Waals surface area contributed by atoms with E-state index in [0.717, 1.165) is 42.0 Å². The molecular formula is C19H25N3O3. The van der Waals surface area contributed by atoms with Crippen LogP contribution in [0.25, 0.3) is 0 Å². The van der Waals surface area contributed by atoms with Gasteiger partial charge in [-0.25, -0.2) is 4.79 Å². The van der Waals surface area contributed by atoms with Crippen molar-refractivity contribution in [1.82, 2.24) is 15.4 Å². The molecule has 2 heterocycles. The second-order valence-electron chi connectivity index (χ2n) is 6.29. The number of urea groups is 1. The van der Waals surface area contributed by atoms with Crippen LogP contribution in [0.15, 0.2) is 34.9 Å². The minimum Gasteiger partial charge on any atom is -0.377 e. The molecule has 1 aliphatic heterocycles. The molecule has 1 atom stereocenters. The van der Waals surface area contributed by atoms with Crippen LogP contribution in [0.3, 0.4) is 0 Å². The summed E-state index contributed by atoms with van der Waals surface area (Å²) < 4.78 is 10.9. The summed E-state index contributed by atoms with van der Waals surface area (Å²) in [5.41, 5.74) is 3.02. The zero-order valence-corrected chi connectivity index (χ0v) is 14.8. The van der Waals surface area contributed by atoms with E-state index in [4.69, 9.17) is 9.26 Å². The van der Waals surface area contributed by atoms with Crippen molar-refractivity contribution in [2.24, 2.45) is 0 Å². The molecule has 0 radical (unpaired) electrons. The Morgan fingerprint density at radius 2 is 2.20 bits per heavy atom. The molecule has 1 saturated heterocycles. The van der Waals surface area contributed by atoms with Gasteiger partial charge in [0.15, 0.2) is 5.76 Å². The molecular weight excluding hydrogens is 318 g/mol. The molecule has 25 heavy (non-hydrogen) atoms. The van der Waals surface area contributed by atoms with Crippen molar-refractivity contribution in [1.29, 1.82) is 0 Å². The highest BCUT2D eigenvalue weighted by atomic mass is 16.5. The molecule has 1 N–H and O–H groups in total. The van der Waals surface area contributed by atoms with Crippen LogP contribution in [-0.4, -0.2) is 29.2 Å². The SMILES string of the molecule is CCOCc1ccccc1CNC(=O)N1CCCC1c1cc(C)no1. The van der Waals surface area contributed by atoms with Gasteiger partial charge >= 0.3 is 6.03 Å². The number of likely N-dealkylation sites (tertiary alicyclic amines) is 1. The van der Waals surface area contributed by atoms with E-state index >= 15 is 0 Å². The molecule has 1 fully saturated rings. The molecule has 6 heteroatoms. The second kappa shape index (κ2) is 8.16. The van der Waals surface area contributed by atoms with Crippen LogP contribution in [0.2, 0.25) is 0 Å². The van der Waals surface area contributed by atoms with Gasteiger partial charge in [0.1, 0.15) is 0 Å². The van der Waals surface area contributed by atoms with Crippen LogP contribution < -0.4 is 5.32 Å². The summed E-state index contributed by atoms with van der Waals surface area (Å²) in [6.07, 6.45) is 1.88. The first-order valence-corrected chi connectivity index (χ1v) is 8.81. The van der Waals surface area contributed by atoms with Gasteiger partial charge in [0.2, 0.25) is 0 Å². The number of hydrogen-bond donors (Lipinski definition) is 1. The molecule has 1 aromatic heterocycles. The Hall–Kier alpha value is -2.34. The van der Waals surface area contributed by atoms with Crippen molar-refractivity contribution in [3.63, 3.8) is 0 Å². The average Bonchev–Trinajstić information content (AvgIpc) is 3.27. The molecule has 3 rings (SSSR count). The van der Waals surface area contributed by atoms with Crippen LogP contribution >= 0.6 is 0 Å². The first kappa shape index (κ1) is 17.5. The Labute approximate surface area is 148 Å². The van der Waals surface area contributed by atoms with E-state index in [1.807, 2.05) is 49.1 Å². The van der Waals surface area contributed by atoms with Gasteiger partial charge in [0.25, 0.3) is 0 Å². The molecule has 1 unspecified atom stereocenters. The molecule has 0 spiro atoms. The summed E-state index contributed by atoms with van der Waals surface area (Å²) in [5.74, 6) is 0.766. The number of carbonyl (C=O) groups excluding carboxylic acids is 1. The zero-order chi connectivity index (χ0) is 17.6.